The molecule has 1 aromatic heterocycles. The van der Waals surface area contributed by atoms with Crippen molar-refractivity contribution in [2.24, 2.45) is 0 Å². The Morgan fingerprint density at radius 2 is 2.04 bits per heavy atom. The van der Waals surface area contributed by atoms with Gasteiger partial charge in [-0.25, -0.2) is 4.98 Å². The van der Waals surface area contributed by atoms with E-state index < -0.39 is 0 Å². The lowest BCUT2D eigenvalue weighted by Gasteiger charge is -2.22. The van der Waals surface area contributed by atoms with Crippen LogP contribution in [-0.2, 0) is 11.3 Å². The minimum atomic E-state index is -0.0603. The fourth-order valence-electron chi connectivity index (χ4n) is 3.15. The number of carbonyl (C=O) groups excluding carboxylic acids is 1. The van der Waals surface area contributed by atoms with Crippen LogP contribution >= 0.6 is 0 Å². The van der Waals surface area contributed by atoms with Gasteiger partial charge in [-0.05, 0) is 36.6 Å². The molecule has 0 bridgehead atoms. The summed E-state index contributed by atoms with van der Waals surface area (Å²) in [5, 5.41) is 11.8. The largest absolute Gasteiger partial charge is 0.371 e. The topological polar surface area (TPSA) is 72.3 Å². The SMILES string of the molecule is CN(CC(=O)NCc1ccccc1N1CCCC1)c1ccc(C#N)cn1. The Balaban J connectivity index is 1.56. The first-order valence-electron chi connectivity index (χ1n) is 8.84. The van der Waals surface area contributed by atoms with Gasteiger partial charge in [0.05, 0.1) is 12.1 Å². The van der Waals surface area contributed by atoms with Gasteiger partial charge in [0.2, 0.25) is 5.91 Å². The van der Waals surface area contributed by atoms with Crippen molar-refractivity contribution in [2.45, 2.75) is 19.4 Å². The van der Waals surface area contributed by atoms with Crippen LogP contribution in [0.3, 0.4) is 0 Å². The quantitative estimate of drug-likeness (QED) is 0.866. The van der Waals surface area contributed by atoms with E-state index in [9.17, 15) is 4.79 Å². The molecule has 134 valence electrons. The lowest BCUT2D eigenvalue weighted by atomic mass is 10.1. The minimum absolute atomic E-state index is 0.0603. The van der Waals surface area contributed by atoms with Crippen LogP contribution in [0.1, 0.15) is 24.0 Å². The molecule has 1 fully saturated rings. The van der Waals surface area contributed by atoms with Crippen LogP contribution in [0.25, 0.3) is 0 Å². The molecule has 0 unspecified atom stereocenters. The second-order valence-electron chi connectivity index (χ2n) is 6.47. The highest BCUT2D eigenvalue weighted by atomic mass is 16.2. The first-order valence-corrected chi connectivity index (χ1v) is 8.84. The van der Waals surface area contributed by atoms with E-state index in [-0.39, 0.29) is 12.5 Å². The maximum atomic E-state index is 12.3. The molecular formula is C20H23N5O. The molecule has 1 N–H and O–H groups in total. The molecule has 3 rings (SSSR count). The zero-order valence-corrected chi connectivity index (χ0v) is 15.0. The summed E-state index contributed by atoms with van der Waals surface area (Å²) in [5.41, 5.74) is 2.86. The zero-order valence-electron chi connectivity index (χ0n) is 15.0. The molecule has 2 heterocycles. The Labute approximate surface area is 154 Å². The highest BCUT2D eigenvalue weighted by Gasteiger charge is 2.16. The molecule has 26 heavy (non-hydrogen) atoms. The van der Waals surface area contributed by atoms with Gasteiger partial charge in [0, 0.05) is 38.6 Å². The van der Waals surface area contributed by atoms with Crippen LogP contribution in [0.2, 0.25) is 0 Å². The van der Waals surface area contributed by atoms with Crippen LogP contribution in [-0.4, -0.2) is 37.6 Å². The van der Waals surface area contributed by atoms with Gasteiger partial charge in [0.1, 0.15) is 11.9 Å². The van der Waals surface area contributed by atoms with Crippen molar-refractivity contribution in [3.05, 3.63) is 53.7 Å². The van der Waals surface area contributed by atoms with Crippen molar-refractivity contribution < 1.29 is 4.79 Å². The van der Waals surface area contributed by atoms with E-state index in [4.69, 9.17) is 5.26 Å². The van der Waals surface area contributed by atoms with Gasteiger partial charge in [-0.1, -0.05) is 18.2 Å². The Morgan fingerprint density at radius 1 is 1.27 bits per heavy atom. The van der Waals surface area contributed by atoms with E-state index in [2.05, 4.69) is 27.3 Å². The monoisotopic (exact) mass is 349 g/mol. The van der Waals surface area contributed by atoms with Crippen LogP contribution in [0.5, 0.6) is 0 Å². The summed E-state index contributed by atoms with van der Waals surface area (Å²) in [5.74, 6) is 0.603. The number of likely N-dealkylation sites (N-methyl/N-ethyl adjacent to an activating group) is 1. The van der Waals surface area contributed by atoms with E-state index in [1.807, 2.05) is 25.2 Å². The van der Waals surface area contributed by atoms with E-state index in [0.29, 0.717) is 17.9 Å². The van der Waals surface area contributed by atoms with Gasteiger partial charge in [-0.15, -0.1) is 0 Å². The number of nitriles is 1. The summed E-state index contributed by atoms with van der Waals surface area (Å²) in [6, 6.07) is 13.7. The van der Waals surface area contributed by atoms with Gasteiger partial charge in [0.15, 0.2) is 0 Å². The van der Waals surface area contributed by atoms with Crippen molar-refractivity contribution >= 4 is 17.4 Å². The number of carbonyl (C=O) groups is 1. The number of aromatic nitrogens is 1. The van der Waals surface area contributed by atoms with Gasteiger partial charge in [0.25, 0.3) is 0 Å². The average molecular weight is 349 g/mol. The molecule has 1 aliphatic rings. The van der Waals surface area contributed by atoms with Gasteiger partial charge >= 0.3 is 0 Å². The Kier molecular flexibility index (Phi) is 5.69. The van der Waals surface area contributed by atoms with Gasteiger partial charge in [-0.3, -0.25) is 4.79 Å². The fourth-order valence-corrected chi connectivity index (χ4v) is 3.15. The second-order valence-corrected chi connectivity index (χ2v) is 6.47. The van der Waals surface area contributed by atoms with Crippen molar-refractivity contribution in [2.75, 3.05) is 36.5 Å². The van der Waals surface area contributed by atoms with Crippen molar-refractivity contribution in [3.63, 3.8) is 0 Å². The summed E-state index contributed by atoms with van der Waals surface area (Å²) >= 11 is 0. The lowest BCUT2D eigenvalue weighted by molar-refractivity contribution is -0.119. The predicted octanol–water partition coefficient (Wildman–Crippen LogP) is 2.31. The van der Waals surface area contributed by atoms with Crippen molar-refractivity contribution in [1.82, 2.24) is 10.3 Å². The molecule has 1 saturated heterocycles. The summed E-state index contributed by atoms with van der Waals surface area (Å²) in [7, 11) is 1.81. The number of amides is 1. The summed E-state index contributed by atoms with van der Waals surface area (Å²) in [4.78, 5) is 20.7. The average Bonchev–Trinajstić information content (AvgIpc) is 3.21. The molecule has 0 saturated carbocycles. The fraction of sp³-hybridized carbons (Fsp3) is 0.350. The third-order valence-electron chi connectivity index (χ3n) is 4.56. The van der Waals surface area contributed by atoms with Crippen LogP contribution in [0, 0.1) is 11.3 Å². The highest BCUT2D eigenvalue weighted by molar-refractivity contribution is 5.81. The van der Waals surface area contributed by atoms with Crippen molar-refractivity contribution in [3.8, 4) is 6.07 Å². The number of benzene rings is 1. The van der Waals surface area contributed by atoms with E-state index in [1.165, 1.54) is 24.7 Å². The van der Waals surface area contributed by atoms with Gasteiger partial charge in [-0.2, -0.15) is 5.26 Å². The van der Waals surface area contributed by atoms with E-state index in [1.54, 1.807) is 17.0 Å². The molecule has 1 aliphatic heterocycles. The summed E-state index contributed by atoms with van der Waals surface area (Å²) in [6.07, 6.45) is 3.96. The van der Waals surface area contributed by atoms with E-state index >= 15 is 0 Å². The Bertz CT molecular complexity index is 791. The lowest BCUT2D eigenvalue weighted by Crippen LogP contribution is -2.35. The number of hydrogen-bond acceptors (Lipinski definition) is 5. The van der Waals surface area contributed by atoms with Crippen molar-refractivity contribution in [1.29, 1.82) is 5.26 Å². The van der Waals surface area contributed by atoms with Crippen LogP contribution in [0.4, 0.5) is 11.5 Å². The number of hydrogen-bond donors (Lipinski definition) is 1. The molecule has 2 aromatic rings. The molecule has 0 atom stereocenters. The zero-order chi connectivity index (χ0) is 18.4. The normalized spacial score (nSPS) is 13.3. The predicted molar refractivity (Wildman–Crippen MR) is 102 cm³/mol. The summed E-state index contributed by atoms with van der Waals surface area (Å²) in [6.45, 7) is 2.89. The minimum Gasteiger partial charge on any atom is -0.371 e. The maximum absolute atomic E-state index is 12.3. The Morgan fingerprint density at radius 3 is 2.73 bits per heavy atom. The Hall–Kier alpha value is -3.07. The number of rotatable bonds is 6. The number of para-hydroxylation sites is 1. The molecule has 6 heteroatoms. The molecule has 1 aromatic carbocycles. The van der Waals surface area contributed by atoms with E-state index in [0.717, 1.165) is 18.7 Å². The highest BCUT2D eigenvalue weighted by Crippen LogP contribution is 2.24. The third-order valence-corrected chi connectivity index (χ3v) is 4.56. The third kappa shape index (κ3) is 4.31. The smallest absolute Gasteiger partial charge is 0.239 e. The van der Waals surface area contributed by atoms with Crippen LogP contribution < -0.4 is 15.1 Å². The summed E-state index contributed by atoms with van der Waals surface area (Å²) < 4.78 is 0. The first-order chi connectivity index (χ1) is 12.7. The number of anilines is 2. The first kappa shape index (κ1) is 17.7. The molecule has 0 spiro atoms. The molecule has 6 nitrogen and oxygen atoms in total. The number of pyridine rings is 1. The van der Waals surface area contributed by atoms with Crippen LogP contribution in [0.15, 0.2) is 42.6 Å². The van der Waals surface area contributed by atoms with Gasteiger partial charge < -0.3 is 15.1 Å². The molecule has 0 radical (unpaired) electrons. The second kappa shape index (κ2) is 8.34. The standard InChI is InChI=1S/C20H23N5O/c1-24(19-9-8-16(12-21)13-22-19)15-20(26)23-14-17-6-2-3-7-18(17)25-10-4-5-11-25/h2-3,6-9,13H,4-5,10-11,14-15H2,1H3,(H,23,26). The molecule has 1 amide bonds. The molecule has 0 aliphatic carbocycles. The number of nitrogens with one attached hydrogen (secondary N) is 1. The maximum Gasteiger partial charge on any atom is 0.239 e. The molecular weight excluding hydrogens is 326 g/mol. The number of nitrogens with zero attached hydrogens (tertiary/aromatic N) is 4.